The summed E-state index contributed by atoms with van der Waals surface area (Å²) in [5.74, 6) is 0.777. The van der Waals surface area contributed by atoms with Crippen molar-refractivity contribution in [2.24, 2.45) is 5.92 Å². The summed E-state index contributed by atoms with van der Waals surface area (Å²) in [6.07, 6.45) is 1.30. The van der Waals surface area contributed by atoms with Crippen LogP contribution in [0.5, 0.6) is 0 Å². The number of benzene rings is 1. The fourth-order valence-corrected chi connectivity index (χ4v) is 3.34. The standard InChI is InChI=1S/C14H20BrClN2/c1-17-6-5-11(9-17)10-18(2)14-4-3-13(16)7-12(14)8-15/h3-4,7,11H,5-6,8-10H2,1-2H3. The Hall–Kier alpha value is -0.250. The lowest BCUT2D eigenvalue weighted by Crippen LogP contribution is -2.27. The fraction of sp³-hybridized carbons (Fsp3) is 0.571. The molecule has 2 rings (SSSR count). The highest BCUT2D eigenvalue weighted by Gasteiger charge is 2.21. The van der Waals surface area contributed by atoms with E-state index in [1.54, 1.807) is 0 Å². The van der Waals surface area contributed by atoms with Gasteiger partial charge in [0.05, 0.1) is 0 Å². The summed E-state index contributed by atoms with van der Waals surface area (Å²) >= 11 is 9.58. The van der Waals surface area contributed by atoms with E-state index >= 15 is 0 Å². The molecule has 100 valence electrons. The molecule has 4 heteroatoms. The zero-order valence-corrected chi connectivity index (χ0v) is 13.3. The van der Waals surface area contributed by atoms with Gasteiger partial charge in [0.25, 0.3) is 0 Å². The molecule has 0 amide bonds. The lowest BCUT2D eigenvalue weighted by Gasteiger charge is -2.25. The van der Waals surface area contributed by atoms with E-state index in [-0.39, 0.29) is 0 Å². The Morgan fingerprint density at radius 1 is 1.50 bits per heavy atom. The Labute approximate surface area is 123 Å². The van der Waals surface area contributed by atoms with Crippen molar-refractivity contribution in [2.75, 3.05) is 38.6 Å². The average molecular weight is 332 g/mol. The summed E-state index contributed by atoms with van der Waals surface area (Å²) in [6.45, 7) is 3.55. The van der Waals surface area contributed by atoms with Crippen LogP contribution in [0, 0.1) is 5.92 Å². The van der Waals surface area contributed by atoms with Gasteiger partial charge in [0.1, 0.15) is 0 Å². The van der Waals surface area contributed by atoms with Crippen LogP contribution in [-0.4, -0.2) is 38.6 Å². The maximum absolute atomic E-state index is 6.04. The first-order chi connectivity index (χ1) is 8.60. The van der Waals surface area contributed by atoms with Gasteiger partial charge < -0.3 is 9.80 Å². The van der Waals surface area contributed by atoms with Crippen molar-refractivity contribution in [3.05, 3.63) is 28.8 Å². The Bertz CT molecular complexity index is 411. The van der Waals surface area contributed by atoms with Crippen LogP contribution in [0.4, 0.5) is 5.69 Å². The first-order valence-electron chi connectivity index (χ1n) is 6.34. The van der Waals surface area contributed by atoms with Gasteiger partial charge in [-0.05, 0) is 49.7 Å². The molecule has 1 saturated heterocycles. The van der Waals surface area contributed by atoms with Crippen molar-refractivity contribution in [1.29, 1.82) is 0 Å². The molecule has 1 heterocycles. The Balaban J connectivity index is 2.06. The number of alkyl halides is 1. The molecule has 1 unspecified atom stereocenters. The average Bonchev–Trinajstić information content (AvgIpc) is 2.74. The topological polar surface area (TPSA) is 6.48 Å². The third-order valence-corrected chi connectivity index (χ3v) is 4.46. The minimum absolute atomic E-state index is 0.777. The molecule has 18 heavy (non-hydrogen) atoms. The minimum Gasteiger partial charge on any atom is -0.374 e. The van der Waals surface area contributed by atoms with Gasteiger partial charge in [-0.3, -0.25) is 0 Å². The SMILES string of the molecule is CN1CCC(CN(C)c2ccc(Cl)cc2CBr)C1. The van der Waals surface area contributed by atoms with E-state index in [4.69, 9.17) is 11.6 Å². The molecule has 0 saturated carbocycles. The van der Waals surface area contributed by atoms with Gasteiger partial charge in [-0.25, -0.2) is 0 Å². The monoisotopic (exact) mass is 330 g/mol. The molecule has 0 spiro atoms. The number of rotatable bonds is 4. The zero-order chi connectivity index (χ0) is 13.1. The summed E-state index contributed by atoms with van der Waals surface area (Å²) in [4.78, 5) is 4.77. The van der Waals surface area contributed by atoms with E-state index in [2.05, 4.69) is 45.9 Å². The smallest absolute Gasteiger partial charge is 0.0410 e. The summed E-state index contributed by atoms with van der Waals surface area (Å²) in [7, 11) is 4.37. The third kappa shape index (κ3) is 3.40. The summed E-state index contributed by atoms with van der Waals surface area (Å²) in [5.41, 5.74) is 2.54. The fourth-order valence-electron chi connectivity index (χ4n) is 2.69. The molecule has 0 bridgehead atoms. The minimum atomic E-state index is 0.777. The van der Waals surface area contributed by atoms with Crippen molar-refractivity contribution in [3.63, 3.8) is 0 Å². The Kier molecular flexibility index (Phi) is 4.93. The van der Waals surface area contributed by atoms with Crippen molar-refractivity contribution in [2.45, 2.75) is 11.8 Å². The van der Waals surface area contributed by atoms with Crippen LogP contribution in [0.3, 0.4) is 0 Å². The van der Waals surface area contributed by atoms with Crippen LogP contribution in [0.25, 0.3) is 0 Å². The van der Waals surface area contributed by atoms with Crippen LogP contribution >= 0.6 is 27.5 Å². The number of anilines is 1. The van der Waals surface area contributed by atoms with Crippen LogP contribution in [0.15, 0.2) is 18.2 Å². The largest absolute Gasteiger partial charge is 0.374 e. The summed E-state index contributed by atoms with van der Waals surface area (Å²) in [6, 6.07) is 6.14. The van der Waals surface area contributed by atoms with Gasteiger partial charge in [-0.15, -0.1) is 0 Å². The van der Waals surface area contributed by atoms with E-state index in [1.807, 2.05) is 12.1 Å². The maximum atomic E-state index is 6.04. The number of halogens is 2. The van der Waals surface area contributed by atoms with E-state index in [1.165, 1.54) is 30.8 Å². The predicted octanol–water partition coefficient (Wildman–Crippen LogP) is 3.62. The molecular formula is C14H20BrClN2. The summed E-state index contributed by atoms with van der Waals surface area (Å²) in [5, 5.41) is 1.65. The predicted molar refractivity (Wildman–Crippen MR) is 83.0 cm³/mol. The van der Waals surface area contributed by atoms with Crippen molar-refractivity contribution >= 4 is 33.2 Å². The van der Waals surface area contributed by atoms with Gasteiger partial charge in [0.2, 0.25) is 0 Å². The highest BCUT2D eigenvalue weighted by Crippen LogP contribution is 2.27. The molecule has 1 fully saturated rings. The second-order valence-corrected chi connectivity index (χ2v) is 6.20. The molecule has 1 atom stereocenters. The van der Waals surface area contributed by atoms with Crippen molar-refractivity contribution in [3.8, 4) is 0 Å². The van der Waals surface area contributed by atoms with E-state index in [9.17, 15) is 0 Å². The quantitative estimate of drug-likeness (QED) is 0.778. The molecule has 1 aromatic carbocycles. The maximum Gasteiger partial charge on any atom is 0.0410 e. The van der Waals surface area contributed by atoms with E-state index < -0.39 is 0 Å². The molecule has 2 nitrogen and oxygen atoms in total. The van der Waals surface area contributed by atoms with Gasteiger partial charge in [0.15, 0.2) is 0 Å². The number of likely N-dealkylation sites (tertiary alicyclic amines) is 1. The highest BCUT2D eigenvalue weighted by molar-refractivity contribution is 9.08. The third-order valence-electron chi connectivity index (χ3n) is 3.62. The van der Waals surface area contributed by atoms with Crippen LogP contribution in [-0.2, 0) is 5.33 Å². The normalized spacial score (nSPS) is 20.3. The molecule has 1 aliphatic heterocycles. The van der Waals surface area contributed by atoms with E-state index in [0.717, 1.165) is 22.8 Å². The molecule has 0 N–H and O–H groups in total. The number of nitrogens with zero attached hydrogens (tertiary/aromatic N) is 2. The van der Waals surface area contributed by atoms with Gasteiger partial charge in [0, 0.05) is 36.2 Å². The zero-order valence-electron chi connectivity index (χ0n) is 11.0. The molecule has 0 radical (unpaired) electrons. The van der Waals surface area contributed by atoms with Crippen molar-refractivity contribution in [1.82, 2.24) is 4.90 Å². The Morgan fingerprint density at radius 3 is 2.89 bits per heavy atom. The first-order valence-corrected chi connectivity index (χ1v) is 7.84. The lowest BCUT2D eigenvalue weighted by molar-refractivity contribution is 0.396. The Morgan fingerprint density at radius 2 is 2.28 bits per heavy atom. The lowest BCUT2D eigenvalue weighted by atomic mass is 10.1. The van der Waals surface area contributed by atoms with Crippen LogP contribution < -0.4 is 4.90 Å². The molecular weight excluding hydrogens is 312 g/mol. The van der Waals surface area contributed by atoms with Crippen molar-refractivity contribution < 1.29 is 0 Å². The van der Waals surface area contributed by atoms with E-state index in [0.29, 0.717) is 0 Å². The van der Waals surface area contributed by atoms with Crippen LogP contribution in [0.2, 0.25) is 5.02 Å². The molecule has 1 aromatic rings. The second kappa shape index (κ2) is 6.27. The molecule has 0 aliphatic carbocycles. The van der Waals surface area contributed by atoms with Crippen LogP contribution in [0.1, 0.15) is 12.0 Å². The van der Waals surface area contributed by atoms with Gasteiger partial charge in [-0.2, -0.15) is 0 Å². The number of hydrogen-bond acceptors (Lipinski definition) is 2. The number of hydrogen-bond donors (Lipinski definition) is 0. The molecule has 0 aromatic heterocycles. The second-order valence-electron chi connectivity index (χ2n) is 5.20. The first kappa shape index (κ1) is 14.2. The molecule has 1 aliphatic rings. The summed E-state index contributed by atoms with van der Waals surface area (Å²) < 4.78 is 0. The highest BCUT2D eigenvalue weighted by atomic mass is 79.9. The van der Waals surface area contributed by atoms with Gasteiger partial charge in [-0.1, -0.05) is 27.5 Å². The van der Waals surface area contributed by atoms with Gasteiger partial charge >= 0.3 is 0 Å².